The summed E-state index contributed by atoms with van der Waals surface area (Å²) < 4.78 is 25.3. The van der Waals surface area contributed by atoms with Gasteiger partial charge in [-0.1, -0.05) is 6.58 Å². The minimum Gasteiger partial charge on any atom is -0.464 e. The van der Waals surface area contributed by atoms with Gasteiger partial charge in [0.25, 0.3) is 0 Å². The van der Waals surface area contributed by atoms with Crippen LogP contribution in [0.1, 0.15) is 12.8 Å². The van der Waals surface area contributed by atoms with E-state index in [0.29, 0.717) is 18.6 Å². The average Bonchev–Trinajstić information content (AvgIpc) is 2.68. The highest BCUT2D eigenvalue weighted by Crippen LogP contribution is 2.08. The fourth-order valence-electron chi connectivity index (χ4n) is 1.48. The van der Waals surface area contributed by atoms with Crippen LogP contribution in [0.3, 0.4) is 0 Å². The number of carbonyl (C=O) groups excluding carboxylic acids is 3. The molecule has 0 unspecified atom stereocenters. The largest absolute Gasteiger partial charge is 0.464 e. The van der Waals surface area contributed by atoms with Crippen molar-refractivity contribution in [2.45, 2.75) is 19.4 Å². The van der Waals surface area contributed by atoms with E-state index in [4.69, 9.17) is 23.1 Å². The third kappa shape index (κ3) is 14.2. The molecule has 0 aliphatic carbocycles. The molecule has 1 N–H and O–H groups in total. The van der Waals surface area contributed by atoms with E-state index in [1.54, 1.807) is 26.0 Å². The standard InChI is InChI=1S/C16H29NO8SSi/c1-5-14(18)23-10-8-17-16(20)24-9-6-11-26-12-7-15(19)25-13-27(4,21-2)22-3/h5H,1,6-13H2,2-4H3,(H,17,20). The maximum atomic E-state index is 11.6. The van der Waals surface area contributed by atoms with Crippen LogP contribution in [0.25, 0.3) is 0 Å². The molecule has 0 saturated heterocycles. The van der Waals surface area contributed by atoms with Gasteiger partial charge in [0.1, 0.15) is 12.8 Å². The third-order valence-electron chi connectivity index (χ3n) is 3.26. The molecule has 11 heteroatoms. The van der Waals surface area contributed by atoms with E-state index >= 15 is 0 Å². The van der Waals surface area contributed by atoms with Crippen molar-refractivity contribution >= 4 is 38.4 Å². The van der Waals surface area contributed by atoms with Crippen LogP contribution in [-0.2, 0) is 32.7 Å². The summed E-state index contributed by atoms with van der Waals surface area (Å²) in [5.74, 6) is 0.542. The molecule has 1 amide bonds. The molecule has 0 heterocycles. The number of alkyl carbamates (subject to hydrolysis) is 1. The molecule has 0 bridgehead atoms. The number of rotatable bonds is 15. The van der Waals surface area contributed by atoms with Crippen molar-refractivity contribution in [3.05, 3.63) is 12.7 Å². The SMILES string of the molecule is C=CC(=O)OCCNC(=O)OCCCSCCC(=O)OC[Si](C)(OC)OC. The summed E-state index contributed by atoms with van der Waals surface area (Å²) in [4.78, 5) is 33.8. The summed E-state index contributed by atoms with van der Waals surface area (Å²) >= 11 is 1.57. The zero-order chi connectivity index (χ0) is 20.5. The van der Waals surface area contributed by atoms with Gasteiger partial charge in [0.05, 0.1) is 19.6 Å². The van der Waals surface area contributed by atoms with E-state index in [0.717, 1.165) is 11.8 Å². The first-order valence-electron chi connectivity index (χ1n) is 8.40. The second kappa shape index (κ2) is 15.5. The van der Waals surface area contributed by atoms with Gasteiger partial charge >= 0.3 is 26.6 Å². The highest BCUT2D eigenvalue weighted by Gasteiger charge is 2.30. The van der Waals surface area contributed by atoms with Crippen molar-refractivity contribution in [2.75, 3.05) is 51.7 Å². The van der Waals surface area contributed by atoms with Crippen LogP contribution in [0.15, 0.2) is 12.7 Å². The summed E-state index contributed by atoms with van der Waals surface area (Å²) in [7, 11) is 0.693. The third-order valence-corrected chi connectivity index (χ3v) is 6.72. The van der Waals surface area contributed by atoms with Gasteiger partial charge in [-0.3, -0.25) is 4.79 Å². The Hall–Kier alpha value is -1.56. The van der Waals surface area contributed by atoms with Crippen LogP contribution < -0.4 is 5.32 Å². The van der Waals surface area contributed by atoms with Crippen molar-refractivity contribution in [3.8, 4) is 0 Å². The fourth-order valence-corrected chi connectivity index (χ4v) is 3.15. The second-order valence-electron chi connectivity index (χ2n) is 5.35. The number of carbonyl (C=O) groups is 3. The molecular formula is C16H29NO8SSi. The van der Waals surface area contributed by atoms with E-state index in [-0.39, 0.29) is 32.0 Å². The summed E-state index contributed by atoms with van der Waals surface area (Å²) in [6.07, 6.45) is 1.61. The Labute approximate surface area is 165 Å². The van der Waals surface area contributed by atoms with Crippen LogP contribution in [0.5, 0.6) is 0 Å². The van der Waals surface area contributed by atoms with Gasteiger partial charge < -0.3 is 28.4 Å². The molecule has 156 valence electrons. The first-order valence-corrected chi connectivity index (χ1v) is 12.1. The summed E-state index contributed by atoms with van der Waals surface area (Å²) in [5.41, 5.74) is 0. The Kier molecular flexibility index (Phi) is 14.6. The smallest absolute Gasteiger partial charge is 0.407 e. The van der Waals surface area contributed by atoms with Gasteiger partial charge in [-0.25, -0.2) is 9.59 Å². The molecular weight excluding hydrogens is 394 g/mol. The molecule has 9 nitrogen and oxygen atoms in total. The lowest BCUT2D eigenvalue weighted by Crippen LogP contribution is -2.42. The minimum atomic E-state index is -2.39. The molecule has 27 heavy (non-hydrogen) atoms. The van der Waals surface area contributed by atoms with Gasteiger partial charge in [0.2, 0.25) is 0 Å². The fraction of sp³-hybridized carbons (Fsp3) is 0.688. The molecule has 0 aliphatic heterocycles. The average molecular weight is 424 g/mol. The maximum Gasteiger partial charge on any atom is 0.407 e. The van der Waals surface area contributed by atoms with Crippen LogP contribution >= 0.6 is 11.8 Å². The number of hydrogen-bond acceptors (Lipinski definition) is 9. The predicted octanol–water partition coefficient (Wildman–Crippen LogP) is 1.40. The highest BCUT2D eigenvalue weighted by atomic mass is 32.2. The van der Waals surface area contributed by atoms with Crippen LogP contribution in [0, 0.1) is 0 Å². The molecule has 0 aromatic carbocycles. The predicted molar refractivity (Wildman–Crippen MR) is 104 cm³/mol. The Morgan fingerprint density at radius 3 is 2.41 bits per heavy atom. The van der Waals surface area contributed by atoms with Gasteiger partial charge in [-0.2, -0.15) is 11.8 Å². The molecule has 0 rings (SSSR count). The Morgan fingerprint density at radius 2 is 1.78 bits per heavy atom. The number of amides is 1. The van der Waals surface area contributed by atoms with Crippen molar-refractivity contribution in [2.24, 2.45) is 0 Å². The summed E-state index contributed by atoms with van der Waals surface area (Å²) in [6, 6.07) is 0. The zero-order valence-corrected chi connectivity index (χ0v) is 17.9. The summed E-state index contributed by atoms with van der Waals surface area (Å²) in [6.45, 7) is 5.57. The van der Waals surface area contributed by atoms with Gasteiger partial charge in [-0.05, 0) is 18.7 Å². The first-order chi connectivity index (χ1) is 12.9. The van der Waals surface area contributed by atoms with E-state index in [2.05, 4.69) is 11.9 Å². The number of ether oxygens (including phenoxy) is 3. The molecule has 0 aromatic rings. The molecule has 0 atom stereocenters. The van der Waals surface area contributed by atoms with Crippen molar-refractivity contribution in [1.82, 2.24) is 5.32 Å². The van der Waals surface area contributed by atoms with E-state index in [9.17, 15) is 14.4 Å². The van der Waals surface area contributed by atoms with Crippen LogP contribution in [0.2, 0.25) is 6.55 Å². The van der Waals surface area contributed by atoms with E-state index < -0.39 is 20.6 Å². The molecule has 0 spiro atoms. The Bertz CT molecular complexity index is 473. The molecule has 0 radical (unpaired) electrons. The quantitative estimate of drug-likeness (QED) is 0.137. The van der Waals surface area contributed by atoms with Crippen LogP contribution in [-0.4, -0.2) is 78.3 Å². The lowest BCUT2D eigenvalue weighted by molar-refractivity contribution is -0.142. The number of thioether (sulfide) groups is 1. The molecule has 0 saturated carbocycles. The zero-order valence-electron chi connectivity index (χ0n) is 16.1. The maximum absolute atomic E-state index is 11.6. The molecule has 0 aromatic heterocycles. The van der Waals surface area contributed by atoms with Gasteiger partial charge in [0, 0.05) is 26.0 Å². The Morgan fingerprint density at radius 1 is 1.07 bits per heavy atom. The minimum absolute atomic E-state index is 0.0578. The van der Waals surface area contributed by atoms with E-state index in [1.807, 2.05) is 6.55 Å². The van der Waals surface area contributed by atoms with E-state index in [1.165, 1.54) is 0 Å². The summed E-state index contributed by atoms with van der Waals surface area (Å²) in [5, 5.41) is 2.46. The molecule has 0 aliphatic rings. The first kappa shape index (κ1) is 25.4. The normalized spacial score (nSPS) is 10.8. The van der Waals surface area contributed by atoms with Gasteiger partial charge in [0.15, 0.2) is 0 Å². The number of hydrogen-bond donors (Lipinski definition) is 1. The highest BCUT2D eigenvalue weighted by molar-refractivity contribution is 7.99. The van der Waals surface area contributed by atoms with Gasteiger partial charge in [-0.15, -0.1) is 0 Å². The second-order valence-corrected chi connectivity index (χ2v) is 9.95. The lowest BCUT2D eigenvalue weighted by atomic mass is 10.5. The monoisotopic (exact) mass is 423 g/mol. The molecule has 0 fully saturated rings. The topological polar surface area (TPSA) is 109 Å². The Balaban J connectivity index is 3.53. The van der Waals surface area contributed by atoms with Crippen molar-refractivity contribution < 1.29 is 37.4 Å². The number of nitrogens with one attached hydrogen (secondary N) is 1. The lowest BCUT2D eigenvalue weighted by Gasteiger charge is -2.21. The van der Waals surface area contributed by atoms with Crippen LogP contribution in [0.4, 0.5) is 4.79 Å². The van der Waals surface area contributed by atoms with Crippen molar-refractivity contribution in [3.63, 3.8) is 0 Å². The number of esters is 2. The van der Waals surface area contributed by atoms with Crippen molar-refractivity contribution in [1.29, 1.82) is 0 Å².